The van der Waals surface area contributed by atoms with Crippen molar-refractivity contribution < 1.29 is 0 Å². The molecule has 0 atom stereocenters. The molecule has 8 nitrogen and oxygen atoms in total. The van der Waals surface area contributed by atoms with Crippen molar-refractivity contribution in [1.82, 2.24) is 28.5 Å². The Morgan fingerprint density at radius 1 is 1.03 bits per heavy atom. The van der Waals surface area contributed by atoms with Gasteiger partial charge in [0.25, 0.3) is 5.56 Å². The first kappa shape index (κ1) is 19.9. The average Bonchev–Trinajstić information content (AvgIpc) is 3.23. The van der Waals surface area contributed by atoms with Gasteiger partial charge in [-0.25, -0.2) is 9.48 Å². The molecule has 0 unspecified atom stereocenters. The van der Waals surface area contributed by atoms with Gasteiger partial charge < -0.3 is 0 Å². The SMILES string of the molecule is Cc1cc(C)n(-c2nc3c(c(=O)n(CC(C)C)c(=O)n3C)n2Cc2ccccc2)n1. The molecule has 3 heterocycles. The minimum absolute atomic E-state index is 0.161. The Bertz CT molecular complexity index is 1340. The highest BCUT2D eigenvalue weighted by Crippen LogP contribution is 2.19. The number of rotatable bonds is 5. The van der Waals surface area contributed by atoms with E-state index >= 15 is 0 Å². The summed E-state index contributed by atoms with van der Waals surface area (Å²) in [6.07, 6.45) is 0. The van der Waals surface area contributed by atoms with Crippen LogP contribution in [0.2, 0.25) is 0 Å². The standard InChI is InChI=1S/C22H26N6O2/c1-14(2)12-27-20(29)18-19(25(5)22(27)30)23-21(28-16(4)11-15(3)24-28)26(18)13-17-9-7-6-8-10-17/h6-11,14H,12-13H2,1-5H3. The number of nitrogens with zero attached hydrogens (tertiary/aromatic N) is 6. The van der Waals surface area contributed by atoms with Gasteiger partial charge in [0.1, 0.15) is 0 Å². The number of aryl methyl sites for hydroxylation is 3. The Morgan fingerprint density at radius 2 is 1.73 bits per heavy atom. The fourth-order valence-electron chi connectivity index (χ4n) is 3.80. The molecule has 0 N–H and O–H groups in total. The van der Waals surface area contributed by atoms with Crippen LogP contribution in [0, 0.1) is 19.8 Å². The summed E-state index contributed by atoms with van der Waals surface area (Å²) < 4.78 is 6.36. The number of benzene rings is 1. The summed E-state index contributed by atoms with van der Waals surface area (Å²) in [6.45, 7) is 8.63. The summed E-state index contributed by atoms with van der Waals surface area (Å²) in [5, 5.41) is 4.57. The summed E-state index contributed by atoms with van der Waals surface area (Å²) in [5.41, 5.74) is 2.89. The Kier molecular flexibility index (Phi) is 4.93. The molecule has 0 fully saturated rings. The number of aromatic nitrogens is 6. The molecule has 0 aliphatic carbocycles. The van der Waals surface area contributed by atoms with Crippen LogP contribution in [0.15, 0.2) is 46.0 Å². The summed E-state index contributed by atoms with van der Waals surface area (Å²) in [7, 11) is 1.66. The maximum atomic E-state index is 13.4. The lowest BCUT2D eigenvalue weighted by Gasteiger charge is -2.12. The molecule has 0 aliphatic rings. The Balaban J connectivity index is 2.08. The first-order valence-corrected chi connectivity index (χ1v) is 10.1. The highest BCUT2D eigenvalue weighted by atomic mass is 16.2. The molecule has 0 amide bonds. The molecule has 0 radical (unpaired) electrons. The first-order valence-electron chi connectivity index (χ1n) is 10.1. The number of fused-ring (bicyclic) bond motifs is 1. The van der Waals surface area contributed by atoms with Crippen molar-refractivity contribution in [3.63, 3.8) is 0 Å². The van der Waals surface area contributed by atoms with Gasteiger partial charge in [0.2, 0.25) is 5.95 Å². The van der Waals surface area contributed by atoms with E-state index in [1.54, 1.807) is 11.7 Å². The van der Waals surface area contributed by atoms with Crippen LogP contribution in [0.25, 0.3) is 17.1 Å². The van der Waals surface area contributed by atoms with Crippen LogP contribution in [-0.4, -0.2) is 28.5 Å². The van der Waals surface area contributed by atoms with Crippen molar-refractivity contribution >= 4 is 11.2 Å². The fourth-order valence-corrected chi connectivity index (χ4v) is 3.80. The first-order chi connectivity index (χ1) is 14.3. The molecule has 0 aliphatic heterocycles. The lowest BCUT2D eigenvalue weighted by molar-refractivity contribution is 0.484. The summed E-state index contributed by atoms with van der Waals surface area (Å²) in [4.78, 5) is 31.0. The second kappa shape index (κ2) is 7.44. The largest absolute Gasteiger partial charge is 0.332 e. The molecular weight excluding hydrogens is 380 g/mol. The van der Waals surface area contributed by atoms with Crippen LogP contribution >= 0.6 is 0 Å². The van der Waals surface area contributed by atoms with Gasteiger partial charge in [-0.2, -0.15) is 10.1 Å². The molecular formula is C22H26N6O2. The smallest absolute Gasteiger partial charge is 0.298 e. The van der Waals surface area contributed by atoms with E-state index in [1.165, 1.54) is 9.13 Å². The van der Waals surface area contributed by atoms with Crippen molar-refractivity contribution in [2.24, 2.45) is 13.0 Å². The molecule has 4 rings (SSSR count). The van der Waals surface area contributed by atoms with Gasteiger partial charge in [0.15, 0.2) is 11.2 Å². The molecule has 156 valence electrons. The topological polar surface area (TPSA) is 79.6 Å². The Hall–Kier alpha value is -3.42. The second-order valence-corrected chi connectivity index (χ2v) is 8.15. The number of hydrogen-bond acceptors (Lipinski definition) is 4. The summed E-state index contributed by atoms with van der Waals surface area (Å²) in [6, 6.07) is 11.9. The third-order valence-corrected chi connectivity index (χ3v) is 5.14. The van der Waals surface area contributed by atoms with Crippen LogP contribution in [0.5, 0.6) is 0 Å². The molecule has 0 saturated heterocycles. The molecule has 4 aromatic rings. The number of imidazole rings is 1. The maximum Gasteiger partial charge on any atom is 0.332 e. The number of hydrogen-bond donors (Lipinski definition) is 0. The quantitative estimate of drug-likeness (QED) is 0.510. The molecule has 0 spiro atoms. The minimum Gasteiger partial charge on any atom is -0.298 e. The van der Waals surface area contributed by atoms with Gasteiger partial charge in [0, 0.05) is 19.3 Å². The summed E-state index contributed by atoms with van der Waals surface area (Å²) >= 11 is 0. The van der Waals surface area contributed by atoms with E-state index in [2.05, 4.69) is 5.10 Å². The molecule has 8 heteroatoms. The maximum absolute atomic E-state index is 13.4. The average molecular weight is 406 g/mol. The van der Waals surface area contributed by atoms with Gasteiger partial charge in [-0.15, -0.1) is 0 Å². The van der Waals surface area contributed by atoms with Crippen molar-refractivity contribution in [3.05, 3.63) is 74.2 Å². The third kappa shape index (κ3) is 3.28. The monoisotopic (exact) mass is 406 g/mol. The zero-order chi connectivity index (χ0) is 21.6. The molecule has 0 bridgehead atoms. The van der Waals surface area contributed by atoms with Crippen molar-refractivity contribution in [2.75, 3.05) is 0 Å². The van der Waals surface area contributed by atoms with Gasteiger partial charge in [-0.05, 0) is 31.4 Å². The summed E-state index contributed by atoms with van der Waals surface area (Å²) in [5.74, 6) is 0.683. The molecule has 30 heavy (non-hydrogen) atoms. The van der Waals surface area contributed by atoms with E-state index in [4.69, 9.17) is 4.98 Å². The van der Waals surface area contributed by atoms with Gasteiger partial charge in [0.05, 0.1) is 12.2 Å². The third-order valence-electron chi connectivity index (χ3n) is 5.14. The van der Waals surface area contributed by atoms with E-state index in [-0.39, 0.29) is 17.2 Å². The zero-order valence-corrected chi connectivity index (χ0v) is 18.0. The Labute approximate surface area is 174 Å². The predicted octanol–water partition coefficient (Wildman–Crippen LogP) is 2.40. The Morgan fingerprint density at radius 3 is 2.33 bits per heavy atom. The normalized spacial score (nSPS) is 11.7. The predicted molar refractivity (Wildman–Crippen MR) is 116 cm³/mol. The van der Waals surface area contributed by atoms with E-state index in [0.717, 1.165) is 17.0 Å². The van der Waals surface area contributed by atoms with E-state index in [9.17, 15) is 9.59 Å². The minimum atomic E-state index is -0.356. The van der Waals surface area contributed by atoms with Crippen LogP contribution in [0.1, 0.15) is 30.8 Å². The lowest BCUT2D eigenvalue weighted by Crippen LogP contribution is -2.40. The molecule has 1 aromatic carbocycles. The second-order valence-electron chi connectivity index (χ2n) is 8.15. The van der Waals surface area contributed by atoms with E-state index < -0.39 is 0 Å². The zero-order valence-electron chi connectivity index (χ0n) is 18.0. The van der Waals surface area contributed by atoms with Crippen LogP contribution < -0.4 is 11.2 Å². The highest BCUT2D eigenvalue weighted by Gasteiger charge is 2.23. The van der Waals surface area contributed by atoms with E-state index in [1.807, 2.05) is 68.7 Å². The van der Waals surface area contributed by atoms with E-state index in [0.29, 0.717) is 30.2 Å². The highest BCUT2D eigenvalue weighted by molar-refractivity contribution is 5.73. The lowest BCUT2D eigenvalue weighted by atomic mass is 10.2. The van der Waals surface area contributed by atoms with Crippen molar-refractivity contribution in [3.8, 4) is 5.95 Å². The van der Waals surface area contributed by atoms with Crippen LogP contribution in [-0.2, 0) is 20.1 Å². The van der Waals surface area contributed by atoms with Gasteiger partial charge >= 0.3 is 5.69 Å². The van der Waals surface area contributed by atoms with Gasteiger partial charge in [-0.1, -0.05) is 44.2 Å². The van der Waals surface area contributed by atoms with Crippen molar-refractivity contribution in [2.45, 2.75) is 40.8 Å². The van der Waals surface area contributed by atoms with Crippen molar-refractivity contribution in [1.29, 1.82) is 0 Å². The molecule has 0 saturated carbocycles. The van der Waals surface area contributed by atoms with Gasteiger partial charge in [-0.3, -0.25) is 18.5 Å². The van der Waals surface area contributed by atoms with Crippen LogP contribution in [0.4, 0.5) is 0 Å². The van der Waals surface area contributed by atoms with Crippen LogP contribution in [0.3, 0.4) is 0 Å². The fraction of sp³-hybridized carbons (Fsp3) is 0.364. The molecule has 3 aromatic heterocycles.